The molecule has 1 heterocycles. The standard InChI is InChI=1S/C15H30N2O3/c1-4-17(5-2)14(18)7-6-10-16(3)13-15(19)8-11-20-12-9-15/h19H,4-13H2,1-3H3. The first-order valence-corrected chi connectivity index (χ1v) is 7.77. The van der Waals surface area contributed by atoms with Crippen molar-refractivity contribution in [3.8, 4) is 0 Å². The van der Waals surface area contributed by atoms with Crippen LogP contribution in [-0.2, 0) is 9.53 Å². The van der Waals surface area contributed by atoms with Crippen molar-refractivity contribution < 1.29 is 14.6 Å². The van der Waals surface area contributed by atoms with E-state index >= 15 is 0 Å². The zero-order valence-electron chi connectivity index (χ0n) is 13.2. The summed E-state index contributed by atoms with van der Waals surface area (Å²) < 4.78 is 5.28. The second-order valence-electron chi connectivity index (χ2n) is 5.74. The summed E-state index contributed by atoms with van der Waals surface area (Å²) in [5.74, 6) is 0.230. The average Bonchev–Trinajstić information content (AvgIpc) is 2.40. The Morgan fingerprint density at radius 1 is 1.25 bits per heavy atom. The fraction of sp³-hybridized carbons (Fsp3) is 0.933. The van der Waals surface area contributed by atoms with Crippen LogP contribution in [-0.4, -0.2) is 72.9 Å². The van der Waals surface area contributed by atoms with Gasteiger partial charge < -0.3 is 19.6 Å². The smallest absolute Gasteiger partial charge is 0.222 e. The molecule has 1 rings (SSSR count). The number of hydrogen-bond donors (Lipinski definition) is 1. The fourth-order valence-corrected chi connectivity index (χ4v) is 2.73. The summed E-state index contributed by atoms with van der Waals surface area (Å²) in [4.78, 5) is 15.9. The van der Waals surface area contributed by atoms with Crippen molar-refractivity contribution in [1.82, 2.24) is 9.80 Å². The summed E-state index contributed by atoms with van der Waals surface area (Å²) in [7, 11) is 2.01. The number of ether oxygens (including phenoxy) is 1. The van der Waals surface area contributed by atoms with Crippen LogP contribution < -0.4 is 0 Å². The molecule has 1 amide bonds. The Morgan fingerprint density at radius 2 is 1.85 bits per heavy atom. The van der Waals surface area contributed by atoms with Crippen molar-refractivity contribution in [2.45, 2.75) is 45.1 Å². The van der Waals surface area contributed by atoms with Gasteiger partial charge in [0.25, 0.3) is 0 Å². The van der Waals surface area contributed by atoms with Crippen LogP contribution in [0, 0.1) is 0 Å². The minimum atomic E-state index is -0.615. The molecule has 0 radical (unpaired) electrons. The predicted octanol–water partition coefficient (Wildman–Crippen LogP) is 1.11. The monoisotopic (exact) mass is 286 g/mol. The summed E-state index contributed by atoms with van der Waals surface area (Å²) in [5.41, 5.74) is -0.615. The van der Waals surface area contributed by atoms with Gasteiger partial charge in [-0.1, -0.05) is 0 Å². The van der Waals surface area contributed by atoms with Crippen molar-refractivity contribution in [3.05, 3.63) is 0 Å². The maximum absolute atomic E-state index is 11.9. The van der Waals surface area contributed by atoms with E-state index in [9.17, 15) is 9.90 Å². The van der Waals surface area contributed by atoms with E-state index in [-0.39, 0.29) is 5.91 Å². The van der Waals surface area contributed by atoms with Gasteiger partial charge in [0.15, 0.2) is 0 Å². The Balaban J connectivity index is 2.22. The number of nitrogens with zero attached hydrogens (tertiary/aromatic N) is 2. The van der Waals surface area contributed by atoms with Crippen molar-refractivity contribution in [1.29, 1.82) is 0 Å². The van der Waals surface area contributed by atoms with Crippen LogP contribution in [0.2, 0.25) is 0 Å². The van der Waals surface area contributed by atoms with Crippen LogP contribution in [0.25, 0.3) is 0 Å². The lowest BCUT2D eigenvalue weighted by molar-refractivity contribution is -0.131. The topological polar surface area (TPSA) is 53.0 Å². The highest BCUT2D eigenvalue weighted by molar-refractivity contribution is 5.76. The van der Waals surface area contributed by atoms with E-state index in [1.165, 1.54) is 0 Å². The molecule has 5 heteroatoms. The Labute approximate surface area is 122 Å². The highest BCUT2D eigenvalue weighted by Crippen LogP contribution is 2.21. The van der Waals surface area contributed by atoms with Gasteiger partial charge in [0.05, 0.1) is 5.60 Å². The molecule has 118 valence electrons. The van der Waals surface area contributed by atoms with E-state index in [2.05, 4.69) is 4.90 Å². The quantitative estimate of drug-likeness (QED) is 0.726. The van der Waals surface area contributed by atoms with Crippen molar-refractivity contribution in [2.75, 3.05) is 46.4 Å². The number of amides is 1. The van der Waals surface area contributed by atoms with Gasteiger partial charge in [-0.2, -0.15) is 0 Å². The minimum Gasteiger partial charge on any atom is -0.388 e. The summed E-state index contributed by atoms with van der Waals surface area (Å²) in [5, 5.41) is 10.4. The number of likely N-dealkylation sites (N-methyl/N-ethyl adjacent to an activating group) is 1. The molecule has 1 fully saturated rings. The SMILES string of the molecule is CCN(CC)C(=O)CCCN(C)CC1(O)CCOCC1. The van der Waals surface area contributed by atoms with E-state index in [0.717, 1.165) is 26.1 Å². The highest BCUT2D eigenvalue weighted by atomic mass is 16.5. The fourth-order valence-electron chi connectivity index (χ4n) is 2.73. The Morgan fingerprint density at radius 3 is 2.40 bits per heavy atom. The van der Waals surface area contributed by atoms with Crippen LogP contribution in [0.1, 0.15) is 39.5 Å². The first kappa shape index (κ1) is 17.4. The number of hydrogen-bond acceptors (Lipinski definition) is 4. The van der Waals surface area contributed by atoms with Crippen LogP contribution in [0.3, 0.4) is 0 Å². The Bertz CT molecular complexity index is 287. The van der Waals surface area contributed by atoms with Crippen molar-refractivity contribution >= 4 is 5.91 Å². The number of carbonyl (C=O) groups is 1. The molecule has 0 unspecified atom stereocenters. The van der Waals surface area contributed by atoms with Gasteiger partial charge in [0, 0.05) is 52.1 Å². The number of aliphatic hydroxyl groups is 1. The largest absolute Gasteiger partial charge is 0.388 e. The van der Waals surface area contributed by atoms with E-state index in [4.69, 9.17) is 4.74 Å². The van der Waals surface area contributed by atoms with Gasteiger partial charge in [-0.3, -0.25) is 4.79 Å². The van der Waals surface area contributed by atoms with E-state index in [1.54, 1.807) is 0 Å². The van der Waals surface area contributed by atoms with Crippen LogP contribution in [0.15, 0.2) is 0 Å². The van der Waals surface area contributed by atoms with Crippen LogP contribution in [0.5, 0.6) is 0 Å². The molecular formula is C15H30N2O3. The molecule has 5 nitrogen and oxygen atoms in total. The summed E-state index contributed by atoms with van der Waals surface area (Å²) in [6.07, 6.45) is 2.84. The number of carbonyl (C=O) groups excluding carboxylic acids is 1. The highest BCUT2D eigenvalue weighted by Gasteiger charge is 2.30. The van der Waals surface area contributed by atoms with Crippen molar-refractivity contribution in [3.63, 3.8) is 0 Å². The maximum atomic E-state index is 11.9. The summed E-state index contributed by atoms with van der Waals surface area (Å²) >= 11 is 0. The van der Waals surface area contributed by atoms with Crippen LogP contribution in [0.4, 0.5) is 0 Å². The summed E-state index contributed by atoms with van der Waals surface area (Å²) in [6, 6.07) is 0. The van der Waals surface area contributed by atoms with Crippen molar-refractivity contribution in [2.24, 2.45) is 0 Å². The molecule has 0 bridgehead atoms. The third kappa shape index (κ3) is 5.77. The van der Waals surface area contributed by atoms with Gasteiger partial charge in [0.2, 0.25) is 5.91 Å². The average molecular weight is 286 g/mol. The molecule has 1 saturated heterocycles. The van der Waals surface area contributed by atoms with Gasteiger partial charge in [-0.05, 0) is 33.9 Å². The second-order valence-corrected chi connectivity index (χ2v) is 5.74. The Hall–Kier alpha value is -0.650. The normalized spacial score (nSPS) is 18.2. The zero-order valence-corrected chi connectivity index (χ0v) is 13.2. The molecule has 0 aliphatic carbocycles. The zero-order chi connectivity index (χ0) is 15.0. The molecule has 1 N–H and O–H groups in total. The molecule has 1 aliphatic rings. The molecular weight excluding hydrogens is 256 g/mol. The number of rotatable bonds is 8. The third-order valence-electron chi connectivity index (χ3n) is 4.03. The van der Waals surface area contributed by atoms with Gasteiger partial charge in [-0.15, -0.1) is 0 Å². The molecule has 0 saturated carbocycles. The van der Waals surface area contributed by atoms with Gasteiger partial charge >= 0.3 is 0 Å². The molecule has 0 atom stereocenters. The lowest BCUT2D eigenvalue weighted by atomic mass is 9.94. The van der Waals surface area contributed by atoms with E-state index < -0.39 is 5.60 Å². The molecule has 0 aromatic carbocycles. The first-order chi connectivity index (χ1) is 9.50. The maximum Gasteiger partial charge on any atom is 0.222 e. The third-order valence-corrected chi connectivity index (χ3v) is 4.03. The molecule has 1 aliphatic heterocycles. The molecule has 20 heavy (non-hydrogen) atoms. The van der Waals surface area contributed by atoms with E-state index in [0.29, 0.717) is 39.0 Å². The second kappa shape index (κ2) is 8.60. The lowest BCUT2D eigenvalue weighted by Gasteiger charge is -2.35. The Kier molecular flexibility index (Phi) is 7.48. The molecule has 0 aromatic rings. The first-order valence-electron chi connectivity index (χ1n) is 7.77. The van der Waals surface area contributed by atoms with Crippen LogP contribution >= 0.6 is 0 Å². The van der Waals surface area contributed by atoms with Gasteiger partial charge in [-0.25, -0.2) is 0 Å². The predicted molar refractivity (Wildman–Crippen MR) is 79.7 cm³/mol. The van der Waals surface area contributed by atoms with Gasteiger partial charge in [0.1, 0.15) is 0 Å². The molecule has 0 spiro atoms. The molecule has 0 aromatic heterocycles. The summed E-state index contributed by atoms with van der Waals surface area (Å²) in [6.45, 7) is 8.37. The van der Waals surface area contributed by atoms with E-state index in [1.807, 2.05) is 25.8 Å². The minimum absolute atomic E-state index is 0.230. The lowest BCUT2D eigenvalue weighted by Crippen LogP contribution is -2.46.